The average molecular weight is 1890 g/mol. The van der Waals surface area contributed by atoms with Gasteiger partial charge in [-0.2, -0.15) is 0 Å². The Morgan fingerprint density at radius 3 is 0.843 bits per heavy atom. The number of aromatic nitrogens is 12. The van der Waals surface area contributed by atoms with E-state index in [9.17, 15) is 45.5 Å². The number of nitrogens with zero attached hydrogens (tertiary/aromatic N) is 8. The first-order chi connectivity index (χ1) is 63.6. The number of nitrogens with one attached hydrogen (secondary N) is 12. The van der Waals surface area contributed by atoms with Gasteiger partial charge < -0.3 is 62.5 Å². The zero-order chi connectivity index (χ0) is 96.1. The number of anilines is 8. The lowest BCUT2D eigenvalue weighted by atomic mass is 9.96. The number of pyridine rings is 4. The molecular formula is C100H90Cl4F6N20O4. The molecule has 24 nitrogen and oxygen atoms in total. The molecule has 16 aromatic rings. The summed E-state index contributed by atoms with van der Waals surface area (Å²) in [7, 11) is 0. The van der Waals surface area contributed by atoms with E-state index < -0.39 is 59.0 Å². The van der Waals surface area contributed by atoms with Crippen molar-refractivity contribution in [3.63, 3.8) is 0 Å². The number of hydrogen-bond donors (Lipinski definition) is 12. The van der Waals surface area contributed by atoms with Gasteiger partial charge in [0.05, 0.1) is 84.0 Å². The molecule has 0 saturated heterocycles. The number of benzene rings is 8. The quantitative estimate of drug-likeness (QED) is 0.0402. The van der Waals surface area contributed by atoms with Crippen LogP contribution in [0.5, 0.6) is 0 Å². The Bertz CT molecular complexity index is 6920. The maximum absolute atomic E-state index is 14.6. The van der Waals surface area contributed by atoms with Crippen molar-refractivity contribution >= 4 is 116 Å². The summed E-state index contributed by atoms with van der Waals surface area (Å²) in [6.07, 6.45) is 13.5. The number of carbonyl (C=O) groups is 4. The minimum Gasteiger partial charge on any atom is -0.341 e. The molecule has 8 aromatic heterocycles. The molecule has 0 radical (unpaired) electrons. The van der Waals surface area contributed by atoms with Crippen LogP contribution in [0.4, 0.5) is 91.0 Å². The fourth-order valence-corrected chi connectivity index (χ4v) is 13.8. The maximum Gasteiger partial charge on any atom is 0.323 e. The number of aromatic amines is 4. The minimum atomic E-state index is -0.802. The van der Waals surface area contributed by atoms with Crippen LogP contribution in [0, 0.1) is 34.9 Å². The van der Waals surface area contributed by atoms with Crippen molar-refractivity contribution in [2.75, 3.05) is 42.5 Å². The molecule has 684 valence electrons. The monoisotopic (exact) mass is 1890 g/mol. The van der Waals surface area contributed by atoms with Crippen molar-refractivity contribution in [3.05, 3.63) is 334 Å². The van der Waals surface area contributed by atoms with Crippen LogP contribution in [0.3, 0.4) is 0 Å². The number of imidazole rings is 4. The van der Waals surface area contributed by atoms with E-state index in [2.05, 4.69) is 124 Å². The number of amides is 8. The van der Waals surface area contributed by atoms with Gasteiger partial charge >= 0.3 is 24.1 Å². The van der Waals surface area contributed by atoms with Crippen LogP contribution in [0.1, 0.15) is 106 Å². The summed E-state index contributed by atoms with van der Waals surface area (Å²) in [4.78, 5) is 98.8. The number of halogens is 10. The van der Waals surface area contributed by atoms with Gasteiger partial charge in [0.2, 0.25) is 0 Å². The lowest BCUT2D eigenvalue weighted by Crippen LogP contribution is -2.20. The van der Waals surface area contributed by atoms with Gasteiger partial charge in [-0.05, 0) is 200 Å². The van der Waals surface area contributed by atoms with Crippen LogP contribution in [0.25, 0.3) is 90.1 Å². The Morgan fingerprint density at radius 2 is 0.545 bits per heavy atom. The van der Waals surface area contributed by atoms with Crippen molar-refractivity contribution in [1.82, 2.24) is 59.8 Å². The minimum absolute atomic E-state index is 0.00639. The third-order valence-electron chi connectivity index (χ3n) is 20.0. The third-order valence-corrected chi connectivity index (χ3v) is 21.2. The number of hydrogen-bond acceptors (Lipinski definition) is 12. The molecule has 8 heterocycles. The second kappa shape index (κ2) is 41.6. The van der Waals surface area contributed by atoms with Crippen LogP contribution >= 0.6 is 46.4 Å². The fourth-order valence-electron chi connectivity index (χ4n) is 13.1. The maximum atomic E-state index is 14.6. The molecule has 8 aromatic carbocycles. The van der Waals surface area contributed by atoms with Crippen LogP contribution < -0.4 is 42.5 Å². The standard InChI is InChI=1S/C25H22Cl2FN5O.C25H22ClF2N5O.C25H23ClFN5O.C25H23F2N5O/c1-25(2,3)23-32-21(14-8-10-29-11-9-14)22(33-23)15-4-7-19(28)20(12-15)31-24(34)30-16-5-6-17(26)18(27)13-16;1-25(2,3)23-32-21(14-8-10-29-11-9-14)22(33-23)15-4-6-17(27)20(12-15)31-24(34)30-19-7-5-16(26)13-18(19)28;1-25(2,3)23-31-21(15-9-11-28-12-10-15)22(32-23)16-7-8-19(27)20(13-16)30-24(33)29-18-6-4-5-17(26)14-18;1-25(2,3)23-31-21(15-10-12-28-13-11-15)22(32-23)16-4-9-19(27)20(14-16)30-24(33)29-18-7-5-17(26)6-8-18/h2*4-13H,1-3H3,(H,32,33)(H2,30,31,34);2*4-14H,1-3H3,(H,31,32)(H2,29,30,33). The first kappa shape index (κ1) is 96.6. The van der Waals surface area contributed by atoms with Gasteiger partial charge in [-0.25, -0.2) is 65.5 Å². The number of rotatable bonds is 16. The van der Waals surface area contributed by atoms with Crippen LogP contribution in [0.2, 0.25) is 20.1 Å². The van der Waals surface area contributed by atoms with Gasteiger partial charge in [-0.1, -0.05) is 136 Å². The van der Waals surface area contributed by atoms with Crippen molar-refractivity contribution in [3.8, 4) is 90.1 Å². The second-order valence-electron chi connectivity index (χ2n) is 34.5. The summed E-state index contributed by atoms with van der Waals surface area (Å²) in [6.45, 7) is 24.6. The SMILES string of the molecule is CC(C)(C)c1nc(-c2ccc(F)c(NC(=O)Nc3ccc(Cl)c(Cl)c3)c2)c(-c2ccncc2)[nH]1.CC(C)(C)c1nc(-c2ccc(F)c(NC(=O)Nc3ccc(Cl)cc3F)c2)c(-c2ccncc2)[nH]1.CC(C)(C)c1nc(-c2ccc(F)c(NC(=O)Nc3ccc(F)cc3)c2)c(-c2ccncc2)[nH]1.CC(C)(C)c1nc(-c2ccc(F)c(NC(=O)Nc3cccc(Cl)c3)c2)c(-c2ccncc2)[nH]1. The van der Waals surface area contributed by atoms with E-state index in [0.29, 0.717) is 77.2 Å². The lowest BCUT2D eigenvalue weighted by Gasteiger charge is -2.14. The van der Waals surface area contributed by atoms with E-state index >= 15 is 0 Å². The Labute approximate surface area is 787 Å². The molecule has 0 atom stereocenters. The van der Waals surface area contributed by atoms with E-state index in [1.54, 1.807) is 122 Å². The molecular weight excluding hydrogens is 1800 g/mol. The van der Waals surface area contributed by atoms with E-state index in [1.807, 2.05) is 90.1 Å². The molecule has 0 unspecified atom stereocenters. The topological polar surface area (TPSA) is 331 Å². The molecule has 12 N–H and O–H groups in total. The zero-order valence-electron chi connectivity index (χ0n) is 74.2. The number of urea groups is 4. The summed E-state index contributed by atoms with van der Waals surface area (Å²) in [6, 6.07) is 50.5. The fraction of sp³-hybridized carbons (Fsp3) is 0.160. The van der Waals surface area contributed by atoms with Gasteiger partial charge in [0, 0.05) is 143 Å². The molecule has 16 rings (SSSR count). The molecule has 0 aliphatic carbocycles. The highest BCUT2D eigenvalue weighted by atomic mass is 35.5. The van der Waals surface area contributed by atoms with Crippen molar-refractivity contribution in [1.29, 1.82) is 0 Å². The van der Waals surface area contributed by atoms with Gasteiger partial charge in [0.15, 0.2) is 0 Å². The number of carbonyl (C=O) groups excluding carboxylic acids is 4. The highest BCUT2D eigenvalue weighted by molar-refractivity contribution is 6.42. The molecule has 0 fully saturated rings. The lowest BCUT2D eigenvalue weighted by molar-refractivity contribution is 0.261. The highest BCUT2D eigenvalue weighted by Gasteiger charge is 2.30. The largest absolute Gasteiger partial charge is 0.341 e. The van der Waals surface area contributed by atoms with E-state index in [0.717, 1.165) is 74.4 Å². The predicted molar refractivity (Wildman–Crippen MR) is 520 cm³/mol. The zero-order valence-corrected chi connectivity index (χ0v) is 77.3. The molecule has 134 heavy (non-hydrogen) atoms. The average Bonchev–Trinajstić information content (AvgIpc) is 1.64. The second-order valence-corrected chi connectivity index (χ2v) is 36.2. The van der Waals surface area contributed by atoms with Crippen molar-refractivity contribution in [2.45, 2.75) is 105 Å². The van der Waals surface area contributed by atoms with Gasteiger partial charge in [0.1, 0.15) is 58.2 Å². The Hall–Kier alpha value is -15.0. The first-order valence-electron chi connectivity index (χ1n) is 41.6. The van der Waals surface area contributed by atoms with Gasteiger partial charge in [-0.15, -0.1) is 0 Å². The van der Waals surface area contributed by atoms with Crippen LogP contribution in [-0.4, -0.2) is 83.9 Å². The summed E-state index contributed by atoms with van der Waals surface area (Å²) >= 11 is 23.6. The van der Waals surface area contributed by atoms with Crippen LogP contribution in [-0.2, 0) is 21.7 Å². The van der Waals surface area contributed by atoms with Gasteiger partial charge in [0.25, 0.3) is 0 Å². The highest BCUT2D eigenvalue weighted by Crippen LogP contribution is 2.42. The Morgan fingerprint density at radius 1 is 0.261 bits per heavy atom. The first-order valence-corrected chi connectivity index (χ1v) is 43.1. The summed E-state index contributed by atoms with van der Waals surface area (Å²) in [5.74, 6) is -0.392. The van der Waals surface area contributed by atoms with Crippen LogP contribution in [0.15, 0.2) is 256 Å². The summed E-state index contributed by atoms with van der Waals surface area (Å²) < 4.78 is 85.3. The number of H-pyrrole nitrogens is 4. The summed E-state index contributed by atoms with van der Waals surface area (Å²) in [5, 5.41) is 21.6. The molecule has 0 bridgehead atoms. The van der Waals surface area contributed by atoms with Crippen molar-refractivity contribution < 1.29 is 45.5 Å². The van der Waals surface area contributed by atoms with Crippen molar-refractivity contribution in [2.24, 2.45) is 0 Å². The molecule has 34 heteroatoms. The molecule has 0 spiro atoms. The van der Waals surface area contributed by atoms with E-state index in [4.69, 9.17) is 66.3 Å². The Kier molecular flexibility index (Phi) is 30.0. The third kappa shape index (κ3) is 25.0. The smallest absolute Gasteiger partial charge is 0.323 e. The predicted octanol–water partition coefficient (Wildman–Crippen LogP) is 27.8. The molecule has 0 aliphatic rings. The summed E-state index contributed by atoms with van der Waals surface area (Å²) in [5.41, 5.74) is 11.9. The van der Waals surface area contributed by atoms with Gasteiger partial charge in [-0.3, -0.25) is 19.9 Å². The molecule has 0 saturated carbocycles. The molecule has 8 amide bonds. The van der Waals surface area contributed by atoms with E-state index in [1.165, 1.54) is 78.9 Å². The van der Waals surface area contributed by atoms with E-state index in [-0.39, 0.29) is 55.1 Å². The Balaban J connectivity index is 0.000000152. The normalized spacial score (nSPS) is 11.3. The molecule has 0 aliphatic heterocycles.